The van der Waals surface area contributed by atoms with Crippen LogP contribution in [0.2, 0.25) is 0 Å². The lowest BCUT2D eigenvalue weighted by molar-refractivity contribution is -0.942. The van der Waals surface area contributed by atoms with Crippen LogP contribution in [0.4, 0.5) is 0 Å². The number of hydrogen-bond acceptors (Lipinski definition) is 4. The van der Waals surface area contributed by atoms with Crippen molar-refractivity contribution >= 4 is 5.91 Å². The molecule has 156 valence electrons. The molecule has 6 nitrogen and oxygen atoms in total. The minimum atomic E-state index is -0.184. The first kappa shape index (κ1) is 20.0. The van der Waals surface area contributed by atoms with Crippen LogP contribution in [-0.2, 0) is 19.6 Å². The molecule has 0 spiro atoms. The molecule has 0 radical (unpaired) electrons. The van der Waals surface area contributed by atoms with Gasteiger partial charge in [0.15, 0.2) is 23.0 Å². The minimum Gasteiger partial charge on any atom is -0.454 e. The molecule has 4 rings (SSSR count). The molecule has 0 bridgehead atoms. The van der Waals surface area contributed by atoms with Gasteiger partial charge in [-0.1, -0.05) is 30.3 Å². The average molecular weight is 407 g/mol. The van der Waals surface area contributed by atoms with Crippen LogP contribution in [0.1, 0.15) is 41.3 Å². The molecule has 1 aliphatic heterocycles. The summed E-state index contributed by atoms with van der Waals surface area (Å²) in [7, 11) is 0. The van der Waals surface area contributed by atoms with Crippen molar-refractivity contribution < 1.29 is 23.6 Å². The van der Waals surface area contributed by atoms with Crippen molar-refractivity contribution in [2.45, 2.75) is 39.5 Å². The van der Waals surface area contributed by atoms with Crippen molar-refractivity contribution in [1.29, 1.82) is 0 Å². The summed E-state index contributed by atoms with van der Waals surface area (Å²) in [4.78, 5) is 13.5. The van der Waals surface area contributed by atoms with Gasteiger partial charge in [0.05, 0.1) is 0 Å². The predicted molar refractivity (Wildman–Crippen MR) is 112 cm³/mol. The van der Waals surface area contributed by atoms with E-state index in [2.05, 4.69) is 35.6 Å². The van der Waals surface area contributed by atoms with Crippen LogP contribution in [-0.4, -0.2) is 18.7 Å². The van der Waals surface area contributed by atoms with Crippen molar-refractivity contribution in [3.05, 3.63) is 83.3 Å². The summed E-state index contributed by atoms with van der Waals surface area (Å²) in [6.45, 7) is 6.42. The number of quaternary nitrogens is 1. The summed E-state index contributed by atoms with van der Waals surface area (Å²) in [5.41, 5.74) is 2.41. The average Bonchev–Trinajstić information content (AvgIpc) is 3.37. The number of nitrogens with one attached hydrogen (secondary N) is 2. The lowest BCUT2D eigenvalue weighted by Gasteiger charge is -2.19. The standard InChI is InChI=1S/C24H26N2O4/c1-17(2)25-24(27)22-11-9-20(30-22)15-26(13-18-6-4-3-5-7-18)14-19-8-10-21-23(12-19)29-16-28-21/h3-12,17H,13-16H2,1-2H3,(H,25,27)/p+1. The minimum absolute atomic E-state index is 0.0669. The molecule has 0 fully saturated rings. The lowest BCUT2D eigenvalue weighted by atomic mass is 10.1. The maximum absolute atomic E-state index is 12.2. The fourth-order valence-electron chi connectivity index (χ4n) is 3.59. The van der Waals surface area contributed by atoms with Gasteiger partial charge in [-0.2, -0.15) is 0 Å². The third-order valence-corrected chi connectivity index (χ3v) is 4.92. The van der Waals surface area contributed by atoms with Gasteiger partial charge >= 0.3 is 0 Å². The number of carbonyl (C=O) groups excluding carboxylic acids is 1. The SMILES string of the molecule is CC(C)NC(=O)c1ccc(C[NH+](Cc2ccccc2)Cc2ccc3c(c2)OCO3)o1. The Bertz CT molecular complexity index is 997. The summed E-state index contributed by atoms with van der Waals surface area (Å²) < 4.78 is 16.8. The second kappa shape index (κ2) is 9.05. The van der Waals surface area contributed by atoms with Gasteiger partial charge in [-0.3, -0.25) is 4.79 Å². The van der Waals surface area contributed by atoms with Crippen LogP contribution in [0.3, 0.4) is 0 Å². The summed E-state index contributed by atoms with van der Waals surface area (Å²) in [6.07, 6.45) is 0. The molecule has 3 aromatic rings. The van der Waals surface area contributed by atoms with Gasteiger partial charge in [-0.05, 0) is 44.2 Å². The highest BCUT2D eigenvalue weighted by Crippen LogP contribution is 2.32. The van der Waals surface area contributed by atoms with Crippen LogP contribution in [0.5, 0.6) is 11.5 Å². The van der Waals surface area contributed by atoms with E-state index in [-0.39, 0.29) is 18.7 Å². The van der Waals surface area contributed by atoms with Crippen LogP contribution in [0.25, 0.3) is 0 Å². The van der Waals surface area contributed by atoms with Gasteiger partial charge in [0, 0.05) is 17.2 Å². The lowest BCUT2D eigenvalue weighted by Crippen LogP contribution is -3.08. The van der Waals surface area contributed by atoms with Gasteiger partial charge in [0.2, 0.25) is 6.79 Å². The van der Waals surface area contributed by atoms with Crippen molar-refractivity contribution in [3.8, 4) is 11.5 Å². The molecule has 1 atom stereocenters. The van der Waals surface area contributed by atoms with Gasteiger partial charge in [0.1, 0.15) is 19.6 Å². The van der Waals surface area contributed by atoms with Crippen LogP contribution in [0, 0.1) is 0 Å². The number of carbonyl (C=O) groups is 1. The Hall–Kier alpha value is -3.25. The molecule has 1 aromatic heterocycles. The van der Waals surface area contributed by atoms with Crippen molar-refractivity contribution in [3.63, 3.8) is 0 Å². The fourth-order valence-corrected chi connectivity index (χ4v) is 3.59. The molecule has 1 aliphatic rings. The molecular weight excluding hydrogens is 380 g/mol. The van der Waals surface area contributed by atoms with Crippen LogP contribution >= 0.6 is 0 Å². The molecule has 6 heteroatoms. The fraction of sp³-hybridized carbons (Fsp3) is 0.292. The van der Waals surface area contributed by atoms with E-state index in [1.165, 1.54) is 10.5 Å². The van der Waals surface area contributed by atoms with Gasteiger partial charge in [0.25, 0.3) is 5.91 Å². The molecule has 1 amide bonds. The third kappa shape index (κ3) is 5.02. The second-order valence-corrected chi connectivity index (χ2v) is 7.85. The van der Waals surface area contributed by atoms with E-state index in [0.717, 1.165) is 35.9 Å². The molecule has 1 unspecified atom stereocenters. The molecule has 0 saturated carbocycles. The molecular formula is C24H27N2O4+. The van der Waals surface area contributed by atoms with Crippen LogP contribution in [0.15, 0.2) is 65.1 Å². The summed E-state index contributed by atoms with van der Waals surface area (Å²) in [5, 5.41) is 2.86. The zero-order chi connectivity index (χ0) is 20.9. The van der Waals surface area contributed by atoms with Gasteiger partial charge < -0.3 is 24.1 Å². The smallest absolute Gasteiger partial charge is 0.287 e. The van der Waals surface area contributed by atoms with Gasteiger partial charge in [-0.25, -0.2) is 0 Å². The Morgan fingerprint density at radius 2 is 1.70 bits per heavy atom. The first-order chi connectivity index (χ1) is 14.6. The zero-order valence-electron chi connectivity index (χ0n) is 17.3. The van der Waals surface area contributed by atoms with Crippen molar-refractivity contribution in [2.75, 3.05) is 6.79 Å². The van der Waals surface area contributed by atoms with Gasteiger partial charge in [-0.15, -0.1) is 0 Å². The van der Waals surface area contributed by atoms with E-state index in [1.807, 2.05) is 38.1 Å². The number of fused-ring (bicyclic) bond motifs is 1. The Labute approximate surface area is 176 Å². The maximum atomic E-state index is 12.2. The molecule has 2 N–H and O–H groups in total. The zero-order valence-corrected chi connectivity index (χ0v) is 17.3. The molecule has 2 heterocycles. The number of benzene rings is 2. The van der Waals surface area contributed by atoms with E-state index < -0.39 is 0 Å². The monoisotopic (exact) mass is 407 g/mol. The van der Waals surface area contributed by atoms with E-state index in [4.69, 9.17) is 13.9 Å². The Morgan fingerprint density at radius 1 is 0.933 bits per heavy atom. The molecule has 0 aliphatic carbocycles. The Morgan fingerprint density at radius 3 is 2.50 bits per heavy atom. The number of ether oxygens (including phenoxy) is 2. The Kier molecular flexibility index (Phi) is 6.05. The highest BCUT2D eigenvalue weighted by molar-refractivity contribution is 5.91. The summed E-state index contributed by atoms with van der Waals surface area (Å²) in [5.74, 6) is 2.53. The predicted octanol–water partition coefficient (Wildman–Crippen LogP) is 2.93. The summed E-state index contributed by atoms with van der Waals surface area (Å²) >= 11 is 0. The second-order valence-electron chi connectivity index (χ2n) is 7.85. The van der Waals surface area contributed by atoms with E-state index in [1.54, 1.807) is 6.07 Å². The quantitative estimate of drug-likeness (QED) is 0.603. The third-order valence-electron chi connectivity index (χ3n) is 4.92. The first-order valence-corrected chi connectivity index (χ1v) is 10.2. The highest BCUT2D eigenvalue weighted by Gasteiger charge is 2.19. The highest BCUT2D eigenvalue weighted by atomic mass is 16.7. The van der Waals surface area contributed by atoms with E-state index in [0.29, 0.717) is 12.3 Å². The van der Waals surface area contributed by atoms with Crippen LogP contribution < -0.4 is 19.7 Å². The maximum Gasteiger partial charge on any atom is 0.287 e. The summed E-state index contributed by atoms with van der Waals surface area (Å²) in [6, 6.07) is 20.1. The molecule has 2 aromatic carbocycles. The molecule has 0 saturated heterocycles. The topological polar surface area (TPSA) is 65.1 Å². The largest absolute Gasteiger partial charge is 0.454 e. The first-order valence-electron chi connectivity index (χ1n) is 10.2. The van der Waals surface area contributed by atoms with Crippen molar-refractivity contribution in [2.24, 2.45) is 0 Å². The number of rotatable bonds is 8. The van der Waals surface area contributed by atoms with E-state index >= 15 is 0 Å². The molecule has 30 heavy (non-hydrogen) atoms. The number of amides is 1. The number of furan rings is 1. The normalized spacial score (nSPS) is 13.4. The van der Waals surface area contributed by atoms with Crippen molar-refractivity contribution in [1.82, 2.24) is 5.32 Å². The number of hydrogen-bond donors (Lipinski definition) is 2. The van der Waals surface area contributed by atoms with E-state index in [9.17, 15) is 4.79 Å². The Balaban J connectivity index is 1.50.